The van der Waals surface area contributed by atoms with Crippen molar-refractivity contribution < 1.29 is 4.74 Å². The van der Waals surface area contributed by atoms with Crippen LogP contribution in [-0.4, -0.2) is 31.3 Å². The molecule has 1 aliphatic heterocycles. The Morgan fingerprint density at radius 3 is 2.65 bits per heavy atom. The molecule has 3 rings (SSSR count). The van der Waals surface area contributed by atoms with Gasteiger partial charge in [-0.1, -0.05) is 30.3 Å². The largest absolute Gasteiger partial charge is 0.378 e. The summed E-state index contributed by atoms with van der Waals surface area (Å²) in [6.07, 6.45) is 0. The SMILES string of the molecule is c1ccc(-c2nc(N3CCOCC3)cs2)cc1. The van der Waals surface area contributed by atoms with Crippen LogP contribution in [0.5, 0.6) is 0 Å². The number of benzene rings is 1. The molecule has 4 heteroatoms. The third kappa shape index (κ3) is 2.33. The normalized spacial score (nSPS) is 16.1. The summed E-state index contributed by atoms with van der Waals surface area (Å²) in [5.41, 5.74) is 1.19. The van der Waals surface area contributed by atoms with Crippen LogP contribution in [0.3, 0.4) is 0 Å². The van der Waals surface area contributed by atoms with Crippen LogP contribution in [0.1, 0.15) is 0 Å². The molecule has 0 saturated carbocycles. The van der Waals surface area contributed by atoms with Gasteiger partial charge in [0.15, 0.2) is 0 Å². The highest BCUT2D eigenvalue weighted by molar-refractivity contribution is 7.13. The van der Waals surface area contributed by atoms with Crippen molar-refractivity contribution in [3.05, 3.63) is 35.7 Å². The first-order chi connectivity index (χ1) is 8.43. The summed E-state index contributed by atoms with van der Waals surface area (Å²) in [6, 6.07) is 10.3. The number of hydrogen-bond donors (Lipinski definition) is 0. The van der Waals surface area contributed by atoms with Gasteiger partial charge >= 0.3 is 0 Å². The van der Waals surface area contributed by atoms with Gasteiger partial charge in [-0.2, -0.15) is 0 Å². The van der Waals surface area contributed by atoms with E-state index in [4.69, 9.17) is 9.72 Å². The second kappa shape index (κ2) is 4.85. The zero-order valence-corrected chi connectivity index (χ0v) is 10.3. The Bertz CT molecular complexity index is 477. The maximum Gasteiger partial charge on any atom is 0.140 e. The van der Waals surface area contributed by atoms with Gasteiger partial charge in [-0.25, -0.2) is 4.98 Å². The number of nitrogens with zero attached hydrogens (tertiary/aromatic N) is 2. The topological polar surface area (TPSA) is 25.4 Å². The van der Waals surface area contributed by atoms with Gasteiger partial charge in [0.25, 0.3) is 0 Å². The summed E-state index contributed by atoms with van der Waals surface area (Å²) in [6.45, 7) is 3.49. The van der Waals surface area contributed by atoms with Crippen LogP contribution in [-0.2, 0) is 4.74 Å². The molecule has 1 aromatic carbocycles. The molecule has 2 heterocycles. The smallest absolute Gasteiger partial charge is 0.140 e. The van der Waals surface area contributed by atoms with E-state index in [1.54, 1.807) is 11.3 Å². The molecule has 0 unspecified atom stereocenters. The Morgan fingerprint density at radius 2 is 1.88 bits per heavy atom. The zero-order valence-electron chi connectivity index (χ0n) is 9.50. The minimum atomic E-state index is 0.804. The highest BCUT2D eigenvalue weighted by atomic mass is 32.1. The molecule has 0 amide bonds. The van der Waals surface area contributed by atoms with E-state index in [9.17, 15) is 0 Å². The molecule has 1 fully saturated rings. The summed E-state index contributed by atoms with van der Waals surface area (Å²) < 4.78 is 5.35. The van der Waals surface area contributed by atoms with Crippen LogP contribution in [0.15, 0.2) is 35.7 Å². The number of ether oxygens (including phenoxy) is 1. The Morgan fingerprint density at radius 1 is 1.12 bits per heavy atom. The highest BCUT2D eigenvalue weighted by Crippen LogP contribution is 2.27. The van der Waals surface area contributed by atoms with E-state index in [1.807, 2.05) is 18.2 Å². The van der Waals surface area contributed by atoms with Gasteiger partial charge in [0.2, 0.25) is 0 Å². The second-order valence-electron chi connectivity index (χ2n) is 3.98. The van der Waals surface area contributed by atoms with E-state index < -0.39 is 0 Å². The molecule has 17 heavy (non-hydrogen) atoms. The minimum absolute atomic E-state index is 0.804. The van der Waals surface area contributed by atoms with Crippen LogP contribution in [0.25, 0.3) is 10.6 Å². The Kier molecular flexibility index (Phi) is 3.07. The lowest BCUT2D eigenvalue weighted by molar-refractivity contribution is 0.122. The van der Waals surface area contributed by atoms with Crippen LogP contribution < -0.4 is 4.90 Å². The lowest BCUT2D eigenvalue weighted by atomic mass is 10.2. The van der Waals surface area contributed by atoms with Gasteiger partial charge in [-0.3, -0.25) is 0 Å². The molecular formula is C13H14N2OS. The fourth-order valence-corrected chi connectivity index (χ4v) is 2.75. The molecule has 0 N–H and O–H groups in total. The fourth-order valence-electron chi connectivity index (χ4n) is 1.92. The third-order valence-electron chi connectivity index (χ3n) is 2.85. The number of rotatable bonds is 2. The Labute approximate surface area is 105 Å². The predicted molar refractivity (Wildman–Crippen MR) is 70.6 cm³/mol. The monoisotopic (exact) mass is 246 g/mol. The molecule has 1 saturated heterocycles. The van der Waals surface area contributed by atoms with Gasteiger partial charge in [0, 0.05) is 24.0 Å². The van der Waals surface area contributed by atoms with E-state index >= 15 is 0 Å². The molecule has 1 aliphatic rings. The van der Waals surface area contributed by atoms with Crippen molar-refractivity contribution in [2.24, 2.45) is 0 Å². The second-order valence-corrected chi connectivity index (χ2v) is 4.83. The number of hydrogen-bond acceptors (Lipinski definition) is 4. The van der Waals surface area contributed by atoms with Gasteiger partial charge < -0.3 is 9.64 Å². The van der Waals surface area contributed by atoms with E-state index in [0.717, 1.165) is 37.1 Å². The summed E-state index contributed by atoms with van der Waals surface area (Å²) in [7, 11) is 0. The van der Waals surface area contributed by atoms with E-state index in [1.165, 1.54) is 5.56 Å². The first-order valence-electron chi connectivity index (χ1n) is 5.77. The van der Waals surface area contributed by atoms with Crippen molar-refractivity contribution in [1.82, 2.24) is 4.98 Å². The maximum atomic E-state index is 5.35. The lowest BCUT2D eigenvalue weighted by Crippen LogP contribution is -2.36. The molecule has 2 aromatic rings. The third-order valence-corrected chi connectivity index (χ3v) is 3.73. The summed E-state index contributed by atoms with van der Waals surface area (Å²) >= 11 is 1.70. The van der Waals surface area contributed by atoms with Crippen molar-refractivity contribution in [2.75, 3.05) is 31.2 Å². The number of thiazole rings is 1. The van der Waals surface area contributed by atoms with Gasteiger partial charge in [0.1, 0.15) is 10.8 Å². The van der Waals surface area contributed by atoms with Crippen LogP contribution >= 0.6 is 11.3 Å². The average Bonchev–Trinajstić information content (AvgIpc) is 2.90. The number of morpholine rings is 1. The summed E-state index contributed by atoms with van der Waals surface area (Å²) in [5, 5.41) is 3.22. The maximum absolute atomic E-state index is 5.35. The van der Waals surface area contributed by atoms with Gasteiger partial charge in [-0.15, -0.1) is 11.3 Å². The molecule has 3 nitrogen and oxygen atoms in total. The lowest BCUT2D eigenvalue weighted by Gasteiger charge is -2.26. The molecule has 88 valence electrons. The fraction of sp³-hybridized carbons (Fsp3) is 0.308. The van der Waals surface area contributed by atoms with E-state index in [2.05, 4.69) is 22.4 Å². The molecule has 1 aromatic heterocycles. The molecule has 0 bridgehead atoms. The number of aromatic nitrogens is 1. The first-order valence-corrected chi connectivity index (χ1v) is 6.65. The standard InChI is InChI=1S/C13H14N2OS/c1-2-4-11(5-3-1)13-14-12(10-17-13)15-6-8-16-9-7-15/h1-5,10H,6-9H2. The van der Waals surface area contributed by atoms with Crippen LogP contribution in [0, 0.1) is 0 Å². The van der Waals surface area contributed by atoms with Gasteiger partial charge in [-0.05, 0) is 0 Å². The minimum Gasteiger partial charge on any atom is -0.378 e. The van der Waals surface area contributed by atoms with E-state index in [-0.39, 0.29) is 0 Å². The zero-order chi connectivity index (χ0) is 11.5. The summed E-state index contributed by atoms with van der Waals surface area (Å²) in [4.78, 5) is 6.98. The first kappa shape index (κ1) is 10.7. The van der Waals surface area contributed by atoms with Gasteiger partial charge in [0.05, 0.1) is 13.2 Å². The van der Waals surface area contributed by atoms with Crippen molar-refractivity contribution in [1.29, 1.82) is 0 Å². The van der Waals surface area contributed by atoms with Crippen LogP contribution in [0.4, 0.5) is 5.82 Å². The predicted octanol–water partition coefficient (Wildman–Crippen LogP) is 2.65. The molecular weight excluding hydrogens is 232 g/mol. The average molecular weight is 246 g/mol. The summed E-state index contributed by atoms with van der Waals surface area (Å²) in [5.74, 6) is 1.08. The van der Waals surface area contributed by atoms with Crippen molar-refractivity contribution >= 4 is 17.2 Å². The van der Waals surface area contributed by atoms with E-state index in [0.29, 0.717) is 0 Å². The quantitative estimate of drug-likeness (QED) is 0.814. The Hall–Kier alpha value is -1.39. The molecule has 0 spiro atoms. The molecule has 0 atom stereocenters. The van der Waals surface area contributed by atoms with Crippen molar-refractivity contribution in [3.63, 3.8) is 0 Å². The molecule has 0 aliphatic carbocycles. The van der Waals surface area contributed by atoms with Crippen LogP contribution in [0.2, 0.25) is 0 Å². The van der Waals surface area contributed by atoms with Crippen molar-refractivity contribution in [2.45, 2.75) is 0 Å². The Balaban J connectivity index is 1.83. The van der Waals surface area contributed by atoms with Crippen molar-refractivity contribution in [3.8, 4) is 10.6 Å². The number of anilines is 1. The highest BCUT2D eigenvalue weighted by Gasteiger charge is 2.14. The molecule has 0 radical (unpaired) electrons.